The molecule has 0 bridgehead atoms. The molecule has 0 aromatic heterocycles. The highest BCUT2D eigenvalue weighted by Crippen LogP contribution is 2.44. The Labute approximate surface area is 436 Å². The lowest BCUT2D eigenvalue weighted by Crippen LogP contribution is -2.53. The number of ether oxygens (including phenoxy) is 6. The Morgan fingerprint density at radius 2 is 1.55 bits per heavy atom. The van der Waals surface area contributed by atoms with Crippen LogP contribution in [0.25, 0.3) is 0 Å². The first-order chi connectivity index (χ1) is 35.7. The van der Waals surface area contributed by atoms with Crippen LogP contribution in [0.3, 0.4) is 0 Å². The molecule has 3 aromatic rings. The molecule has 402 valence electrons. The number of carbonyl (C=O) groups excluding carboxylic acids is 6. The molecule has 21 heteroatoms. The predicted molar refractivity (Wildman–Crippen MR) is 279 cm³/mol. The Bertz CT molecular complexity index is 2740. The SMILES string of the molecule is C=C1CC2C=Nc3cc(OCCCOc4c(OC)cc5c(c4C(=O)OCc4ccc(NC(=O)[C@H](C)NC(=O)[C@@H](NC(=O)CCC(C)(C)OCN)C(C)C)cc4)N[C@@H](O)[C@@H]4CC(=C)CN4C5=O)c(OC)cc3C(=O)N2C1. The number of methoxy groups -OCH3 is 2. The van der Waals surface area contributed by atoms with Gasteiger partial charge in [-0.3, -0.25) is 29.0 Å². The Hall–Kier alpha value is -7.49. The lowest BCUT2D eigenvalue weighted by Gasteiger charge is -2.26. The molecule has 0 aliphatic carbocycles. The molecular formula is C54H68N8O13. The van der Waals surface area contributed by atoms with Crippen molar-refractivity contribution in [1.29, 1.82) is 0 Å². The maximum Gasteiger partial charge on any atom is 0.344 e. The van der Waals surface area contributed by atoms with Gasteiger partial charge in [-0.2, -0.15) is 0 Å². The topological polar surface area (TPSA) is 271 Å². The standard InChI is InChI=1S/C54H68N8O13/c1-29(2)45(59-43(63)15-16-54(6,7)75-28-55)50(66)57-32(5)48(64)58-34-13-11-33(12-14-34)27-74-53(69)44-46-37(52(68)62-26-31(4)20-39(62)49(65)60-46)22-42(71-9)47(44)73-18-10-17-72-41-23-38-36(21-40(41)70-8)51(67)61-25-30(3)19-35(61)24-56-38/h11-14,21-24,29,32,35,39,45,49,60,65H,3-4,10,15-20,25-28,55H2,1-2,5-9H3,(H,57,66)(H,58,64)(H,59,63)/t32-,35?,39-,45-,49-/m0/s1. The van der Waals surface area contributed by atoms with Crippen molar-refractivity contribution in [1.82, 2.24) is 20.4 Å². The van der Waals surface area contributed by atoms with Crippen LogP contribution in [0.1, 0.15) is 103 Å². The zero-order chi connectivity index (χ0) is 54.3. The van der Waals surface area contributed by atoms with E-state index in [1.165, 1.54) is 32.1 Å². The molecule has 0 radical (unpaired) electrons. The van der Waals surface area contributed by atoms with Crippen molar-refractivity contribution in [2.45, 2.75) is 109 Å². The summed E-state index contributed by atoms with van der Waals surface area (Å²) >= 11 is 0. The van der Waals surface area contributed by atoms with Gasteiger partial charge < -0.3 is 70.3 Å². The van der Waals surface area contributed by atoms with Crippen molar-refractivity contribution < 1.29 is 62.3 Å². The minimum absolute atomic E-state index is 0.00186. The number of aliphatic imine (C=N–C) groups is 1. The number of hydrogen-bond donors (Lipinski definition) is 6. The second kappa shape index (κ2) is 23.8. The second-order valence-corrected chi connectivity index (χ2v) is 19.9. The third-order valence-corrected chi connectivity index (χ3v) is 13.4. The summed E-state index contributed by atoms with van der Waals surface area (Å²) in [6, 6.07) is 8.49. The van der Waals surface area contributed by atoms with E-state index in [9.17, 15) is 33.9 Å². The molecule has 4 aliphatic heterocycles. The predicted octanol–water partition coefficient (Wildman–Crippen LogP) is 4.99. The summed E-state index contributed by atoms with van der Waals surface area (Å²) in [5, 5.41) is 22.6. The van der Waals surface area contributed by atoms with Crippen LogP contribution in [0.4, 0.5) is 17.1 Å². The van der Waals surface area contributed by atoms with E-state index in [0.29, 0.717) is 59.8 Å². The first-order valence-corrected chi connectivity index (χ1v) is 24.9. The largest absolute Gasteiger partial charge is 0.493 e. The van der Waals surface area contributed by atoms with Crippen LogP contribution in [0.2, 0.25) is 0 Å². The van der Waals surface area contributed by atoms with Crippen LogP contribution in [0.5, 0.6) is 23.0 Å². The molecule has 0 spiro atoms. The molecule has 2 fully saturated rings. The molecule has 7 rings (SSSR count). The number of benzene rings is 3. The highest BCUT2D eigenvalue weighted by molar-refractivity contribution is 6.10. The van der Waals surface area contributed by atoms with Crippen LogP contribution in [-0.2, 0) is 30.5 Å². The summed E-state index contributed by atoms with van der Waals surface area (Å²) < 4.78 is 35.1. The van der Waals surface area contributed by atoms with Gasteiger partial charge >= 0.3 is 5.97 Å². The van der Waals surface area contributed by atoms with Gasteiger partial charge in [-0.05, 0) is 75.8 Å². The van der Waals surface area contributed by atoms with E-state index in [-0.39, 0.29) is 98.0 Å². The molecular weight excluding hydrogens is 969 g/mol. The molecule has 21 nitrogen and oxygen atoms in total. The number of carbonyl (C=O) groups is 6. The Balaban J connectivity index is 1.01. The Morgan fingerprint density at radius 1 is 0.880 bits per heavy atom. The number of nitrogens with one attached hydrogen (secondary N) is 4. The van der Waals surface area contributed by atoms with Crippen LogP contribution in [0.15, 0.2) is 71.8 Å². The third kappa shape index (κ3) is 12.9. The van der Waals surface area contributed by atoms with Gasteiger partial charge in [-0.25, -0.2) is 4.79 Å². The van der Waals surface area contributed by atoms with Crippen molar-refractivity contribution in [3.8, 4) is 23.0 Å². The van der Waals surface area contributed by atoms with Crippen molar-refractivity contribution in [3.63, 3.8) is 0 Å². The fourth-order valence-electron chi connectivity index (χ4n) is 9.22. The molecule has 4 aliphatic rings. The molecule has 3 aromatic carbocycles. The van der Waals surface area contributed by atoms with Gasteiger partial charge in [0.05, 0.1) is 74.4 Å². The number of aliphatic hydroxyl groups excluding tert-OH is 1. The molecule has 5 atom stereocenters. The number of hydrogen-bond acceptors (Lipinski definition) is 16. The van der Waals surface area contributed by atoms with E-state index in [2.05, 4.69) is 39.4 Å². The van der Waals surface area contributed by atoms with E-state index in [4.69, 9.17) is 34.2 Å². The Morgan fingerprint density at radius 3 is 2.24 bits per heavy atom. The first-order valence-electron chi connectivity index (χ1n) is 24.9. The molecule has 4 heterocycles. The van der Waals surface area contributed by atoms with Gasteiger partial charge in [0.1, 0.15) is 30.5 Å². The zero-order valence-corrected chi connectivity index (χ0v) is 43.5. The smallest absolute Gasteiger partial charge is 0.344 e. The van der Waals surface area contributed by atoms with Gasteiger partial charge in [0.2, 0.25) is 17.7 Å². The molecule has 75 heavy (non-hydrogen) atoms. The fraction of sp³-hybridized carbons (Fsp3) is 0.463. The monoisotopic (exact) mass is 1040 g/mol. The number of nitrogens with zero attached hydrogens (tertiary/aromatic N) is 3. The van der Waals surface area contributed by atoms with Gasteiger partial charge in [0, 0.05) is 43.9 Å². The van der Waals surface area contributed by atoms with Gasteiger partial charge in [-0.15, -0.1) is 0 Å². The number of anilines is 2. The third-order valence-electron chi connectivity index (χ3n) is 13.4. The quantitative estimate of drug-likeness (QED) is 0.0335. The molecule has 7 N–H and O–H groups in total. The average Bonchev–Trinajstić information content (AvgIpc) is 3.91. The van der Waals surface area contributed by atoms with Crippen molar-refractivity contribution >= 4 is 58.8 Å². The number of fused-ring (bicyclic) bond motifs is 4. The van der Waals surface area contributed by atoms with Crippen LogP contribution < -0.4 is 45.9 Å². The lowest BCUT2D eigenvalue weighted by molar-refractivity contribution is -0.132. The molecule has 2 saturated heterocycles. The van der Waals surface area contributed by atoms with Crippen LogP contribution in [0, 0.1) is 5.92 Å². The van der Waals surface area contributed by atoms with Gasteiger partial charge in [-0.1, -0.05) is 50.3 Å². The number of amides is 5. The zero-order valence-electron chi connectivity index (χ0n) is 43.5. The molecule has 1 unspecified atom stereocenters. The van der Waals surface area contributed by atoms with E-state index in [0.717, 1.165) is 11.1 Å². The van der Waals surface area contributed by atoms with E-state index < -0.39 is 53.6 Å². The molecule has 0 saturated carbocycles. The maximum absolute atomic E-state index is 14.4. The van der Waals surface area contributed by atoms with Crippen LogP contribution in [-0.4, -0.2) is 140 Å². The average molecular weight is 1040 g/mol. The summed E-state index contributed by atoms with van der Waals surface area (Å²) in [6.07, 6.45) is 2.21. The second-order valence-electron chi connectivity index (χ2n) is 19.9. The number of aliphatic hydroxyl groups is 1. The molecule has 5 amide bonds. The summed E-state index contributed by atoms with van der Waals surface area (Å²) in [6.45, 7) is 17.3. The highest BCUT2D eigenvalue weighted by Gasteiger charge is 2.43. The van der Waals surface area contributed by atoms with Gasteiger partial charge in [0.25, 0.3) is 11.8 Å². The number of nitrogens with two attached hydrogens (primary N) is 1. The highest BCUT2D eigenvalue weighted by atomic mass is 16.5. The Kier molecular flexibility index (Phi) is 17.5. The lowest BCUT2D eigenvalue weighted by atomic mass is 10.00. The minimum Gasteiger partial charge on any atom is -0.493 e. The van der Waals surface area contributed by atoms with Gasteiger partial charge in [0.15, 0.2) is 23.0 Å². The minimum atomic E-state index is -1.29. The summed E-state index contributed by atoms with van der Waals surface area (Å²) in [5.74, 6) is -2.47. The first kappa shape index (κ1) is 55.3. The van der Waals surface area contributed by atoms with E-state index in [1.807, 2.05) is 13.8 Å². The fourth-order valence-corrected chi connectivity index (χ4v) is 9.22. The van der Waals surface area contributed by atoms with Crippen molar-refractivity contribution in [3.05, 3.63) is 89.0 Å². The summed E-state index contributed by atoms with van der Waals surface area (Å²) in [5.41, 5.74) is 8.21. The van der Waals surface area contributed by atoms with Crippen LogP contribution >= 0.6 is 0 Å². The summed E-state index contributed by atoms with van der Waals surface area (Å²) in [4.78, 5) is 89.1. The van der Waals surface area contributed by atoms with Crippen molar-refractivity contribution in [2.24, 2.45) is 16.6 Å². The van der Waals surface area contributed by atoms with Crippen molar-refractivity contribution in [2.75, 3.05) is 57.9 Å². The maximum atomic E-state index is 14.4. The van der Waals surface area contributed by atoms with E-state index in [1.54, 1.807) is 61.4 Å². The summed E-state index contributed by atoms with van der Waals surface area (Å²) in [7, 11) is 2.85. The number of esters is 1. The number of rotatable bonds is 22. The normalized spacial score (nSPS) is 18.6. The van der Waals surface area contributed by atoms with E-state index >= 15 is 0 Å².